The van der Waals surface area contributed by atoms with Gasteiger partial charge in [-0.1, -0.05) is 48.3 Å². The molecule has 0 saturated heterocycles. The molecule has 1 N–H and O–H groups in total. The Morgan fingerprint density at radius 1 is 1.09 bits per heavy atom. The first kappa shape index (κ1) is 27.8. The van der Waals surface area contributed by atoms with E-state index in [1.165, 1.54) is 17.0 Å². The first-order valence-electron chi connectivity index (χ1n) is 10.6. The number of sulfonamides is 1. The van der Waals surface area contributed by atoms with Crippen LogP contribution < -0.4 is 14.4 Å². The molecule has 0 bridgehead atoms. The van der Waals surface area contributed by atoms with Crippen molar-refractivity contribution in [2.24, 2.45) is 0 Å². The summed E-state index contributed by atoms with van der Waals surface area (Å²) in [5, 5.41) is 2.91. The summed E-state index contributed by atoms with van der Waals surface area (Å²) in [6, 6.07) is 10.8. The second kappa shape index (κ2) is 12.3. The molecule has 0 aliphatic heterocycles. The number of methoxy groups -OCH3 is 1. The zero-order valence-corrected chi connectivity index (χ0v) is 21.9. The number of carbonyl (C=O) groups excluding carboxylic acids is 2. The van der Waals surface area contributed by atoms with Crippen molar-refractivity contribution >= 4 is 50.7 Å². The zero-order valence-electron chi connectivity index (χ0n) is 19.5. The standard InChI is InChI=1S/C23H29Cl2N3O5S/c1-5-19(23(30)26-6-2)27(14-16-10-12-17(33-3)13-11-16)21(29)15-28(34(4,31)32)20-9-7-8-18(24)22(20)25/h7-13,19H,5-6,14-15H2,1-4H3,(H,26,30)/t19-/m1/s1. The number of likely N-dealkylation sites (N-methyl/N-ethyl adjacent to an activating group) is 1. The molecule has 2 amide bonds. The first-order chi connectivity index (χ1) is 16.0. The van der Waals surface area contributed by atoms with Crippen LogP contribution >= 0.6 is 23.2 Å². The lowest BCUT2D eigenvalue weighted by atomic mass is 10.1. The van der Waals surface area contributed by atoms with E-state index in [-0.39, 0.29) is 28.2 Å². The summed E-state index contributed by atoms with van der Waals surface area (Å²) < 4.78 is 31.3. The third-order valence-electron chi connectivity index (χ3n) is 5.13. The van der Waals surface area contributed by atoms with Gasteiger partial charge >= 0.3 is 0 Å². The van der Waals surface area contributed by atoms with Gasteiger partial charge in [-0.05, 0) is 43.2 Å². The van der Waals surface area contributed by atoms with Crippen LogP contribution in [0, 0.1) is 0 Å². The van der Waals surface area contributed by atoms with Crippen LogP contribution in [0.4, 0.5) is 5.69 Å². The van der Waals surface area contributed by atoms with E-state index in [0.29, 0.717) is 18.7 Å². The molecule has 1 atom stereocenters. The molecule has 0 radical (unpaired) electrons. The van der Waals surface area contributed by atoms with Crippen LogP contribution in [-0.2, 0) is 26.2 Å². The predicted octanol–water partition coefficient (Wildman–Crippen LogP) is 3.71. The fourth-order valence-corrected chi connectivity index (χ4v) is 4.72. The molecule has 2 aromatic carbocycles. The SMILES string of the molecule is CCNC(=O)[C@@H](CC)N(Cc1ccc(OC)cc1)C(=O)CN(c1cccc(Cl)c1Cl)S(C)(=O)=O. The number of carbonyl (C=O) groups is 2. The third kappa shape index (κ3) is 7.01. The van der Waals surface area contributed by atoms with E-state index in [0.717, 1.165) is 16.1 Å². The molecule has 0 unspecified atom stereocenters. The molecular formula is C23H29Cl2N3O5S. The van der Waals surface area contributed by atoms with Gasteiger partial charge in [-0.2, -0.15) is 0 Å². The van der Waals surface area contributed by atoms with Gasteiger partial charge in [-0.3, -0.25) is 13.9 Å². The van der Waals surface area contributed by atoms with Crippen molar-refractivity contribution in [1.82, 2.24) is 10.2 Å². The van der Waals surface area contributed by atoms with Crippen molar-refractivity contribution in [1.29, 1.82) is 0 Å². The van der Waals surface area contributed by atoms with E-state index in [4.69, 9.17) is 27.9 Å². The van der Waals surface area contributed by atoms with Crippen LogP contribution in [0.5, 0.6) is 5.75 Å². The Morgan fingerprint density at radius 2 is 1.74 bits per heavy atom. The maximum atomic E-state index is 13.5. The topological polar surface area (TPSA) is 96.0 Å². The minimum absolute atomic E-state index is 0.0138. The highest BCUT2D eigenvalue weighted by atomic mass is 35.5. The highest BCUT2D eigenvalue weighted by molar-refractivity contribution is 7.92. The number of amides is 2. The summed E-state index contributed by atoms with van der Waals surface area (Å²) in [6.45, 7) is 3.51. The molecule has 0 spiro atoms. The average Bonchev–Trinajstić information content (AvgIpc) is 2.79. The monoisotopic (exact) mass is 529 g/mol. The van der Waals surface area contributed by atoms with Gasteiger partial charge in [0.05, 0.1) is 29.1 Å². The zero-order chi connectivity index (χ0) is 25.5. The second-order valence-electron chi connectivity index (χ2n) is 7.53. The van der Waals surface area contributed by atoms with Gasteiger partial charge in [0.15, 0.2) is 0 Å². The van der Waals surface area contributed by atoms with E-state index >= 15 is 0 Å². The summed E-state index contributed by atoms with van der Waals surface area (Å²) in [7, 11) is -2.36. The minimum Gasteiger partial charge on any atom is -0.497 e. The summed E-state index contributed by atoms with van der Waals surface area (Å²) >= 11 is 12.3. The molecule has 8 nitrogen and oxygen atoms in total. The molecule has 0 aromatic heterocycles. The van der Waals surface area contributed by atoms with Gasteiger partial charge < -0.3 is 15.0 Å². The molecule has 0 fully saturated rings. The number of nitrogens with zero attached hydrogens (tertiary/aromatic N) is 2. The van der Waals surface area contributed by atoms with E-state index in [2.05, 4.69) is 5.32 Å². The summed E-state index contributed by atoms with van der Waals surface area (Å²) in [4.78, 5) is 27.7. The molecule has 2 rings (SSSR count). The number of rotatable bonds is 11. The fourth-order valence-electron chi connectivity index (χ4n) is 3.42. The van der Waals surface area contributed by atoms with Crippen molar-refractivity contribution < 1.29 is 22.7 Å². The van der Waals surface area contributed by atoms with E-state index in [1.807, 2.05) is 0 Å². The van der Waals surface area contributed by atoms with Crippen LogP contribution in [0.3, 0.4) is 0 Å². The number of hydrogen-bond donors (Lipinski definition) is 1. The van der Waals surface area contributed by atoms with Crippen molar-refractivity contribution in [2.45, 2.75) is 32.9 Å². The minimum atomic E-state index is -3.90. The molecule has 0 aliphatic rings. The quantitative estimate of drug-likeness (QED) is 0.478. The van der Waals surface area contributed by atoms with Crippen LogP contribution in [0.25, 0.3) is 0 Å². The van der Waals surface area contributed by atoms with Crippen molar-refractivity contribution in [3.63, 3.8) is 0 Å². The number of ether oxygens (including phenoxy) is 1. The lowest BCUT2D eigenvalue weighted by Crippen LogP contribution is -2.52. The third-order valence-corrected chi connectivity index (χ3v) is 7.06. The molecule has 0 aliphatic carbocycles. The molecule has 11 heteroatoms. The number of halogens is 2. The van der Waals surface area contributed by atoms with Crippen molar-refractivity contribution in [2.75, 3.05) is 30.8 Å². The van der Waals surface area contributed by atoms with E-state index in [9.17, 15) is 18.0 Å². The molecule has 0 saturated carbocycles. The summed E-state index contributed by atoms with van der Waals surface area (Å²) in [6.07, 6.45) is 1.32. The number of anilines is 1. The van der Waals surface area contributed by atoms with Gasteiger partial charge in [-0.25, -0.2) is 8.42 Å². The van der Waals surface area contributed by atoms with Crippen molar-refractivity contribution in [3.05, 3.63) is 58.1 Å². The van der Waals surface area contributed by atoms with Gasteiger partial charge in [0, 0.05) is 13.1 Å². The lowest BCUT2D eigenvalue weighted by molar-refractivity contribution is -0.140. The highest BCUT2D eigenvalue weighted by Gasteiger charge is 2.32. The predicted molar refractivity (Wildman–Crippen MR) is 135 cm³/mol. The van der Waals surface area contributed by atoms with E-state index < -0.39 is 28.5 Å². The fraction of sp³-hybridized carbons (Fsp3) is 0.391. The molecule has 186 valence electrons. The van der Waals surface area contributed by atoms with Crippen LogP contribution in [0.15, 0.2) is 42.5 Å². The summed E-state index contributed by atoms with van der Waals surface area (Å²) in [5.41, 5.74) is 0.837. The molecule has 2 aromatic rings. The lowest BCUT2D eigenvalue weighted by Gasteiger charge is -2.33. The van der Waals surface area contributed by atoms with Gasteiger partial charge in [-0.15, -0.1) is 0 Å². The van der Waals surface area contributed by atoms with E-state index in [1.54, 1.807) is 51.3 Å². The Hall–Kier alpha value is -2.49. The Bertz CT molecular complexity index is 1110. The normalized spacial score (nSPS) is 12.1. The Labute approximate surface area is 210 Å². The smallest absolute Gasteiger partial charge is 0.244 e. The van der Waals surface area contributed by atoms with Crippen LogP contribution in [0.2, 0.25) is 10.0 Å². The molecule has 0 heterocycles. The maximum absolute atomic E-state index is 13.5. The highest BCUT2D eigenvalue weighted by Crippen LogP contribution is 2.33. The van der Waals surface area contributed by atoms with Crippen LogP contribution in [0.1, 0.15) is 25.8 Å². The Morgan fingerprint density at radius 3 is 2.26 bits per heavy atom. The van der Waals surface area contributed by atoms with Gasteiger partial charge in [0.2, 0.25) is 21.8 Å². The second-order valence-corrected chi connectivity index (χ2v) is 10.2. The molecular weight excluding hydrogens is 501 g/mol. The summed E-state index contributed by atoms with van der Waals surface area (Å²) in [5.74, 6) is -0.231. The maximum Gasteiger partial charge on any atom is 0.244 e. The average molecular weight is 530 g/mol. The number of benzene rings is 2. The first-order valence-corrected chi connectivity index (χ1v) is 13.3. The van der Waals surface area contributed by atoms with Crippen LogP contribution in [-0.4, -0.2) is 57.6 Å². The Kier molecular flexibility index (Phi) is 10.0. The largest absolute Gasteiger partial charge is 0.497 e. The van der Waals surface area contributed by atoms with Gasteiger partial charge in [0.25, 0.3) is 0 Å². The Balaban J connectivity index is 2.46. The van der Waals surface area contributed by atoms with Crippen molar-refractivity contribution in [3.8, 4) is 5.75 Å². The number of hydrogen-bond acceptors (Lipinski definition) is 5. The molecule has 34 heavy (non-hydrogen) atoms. The van der Waals surface area contributed by atoms with Gasteiger partial charge in [0.1, 0.15) is 18.3 Å². The number of nitrogens with one attached hydrogen (secondary N) is 1.